The quantitative estimate of drug-likeness (QED) is 0.119. The number of thiophene rings is 2. The van der Waals surface area contributed by atoms with Crippen molar-refractivity contribution in [2.45, 2.75) is 76.4 Å². The van der Waals surface area contributed by atoms with Gasteiger partial charge in [-0.1, -0.05) is 23.2 Å². The van der Waals surface area contributed by atoms with Crippen molar-refractivity contribution in [3.8, 4) is 0 Å². The molecule has 2 N–H and O–H groups in total. The van der Waals surface area contributed by atoms with Gasteiger partial charge in [0.1, 0.15) is 6.10 Å². The number of rotatable bonds is 14. The summed E-state index contributed by atoms with van der Waals surface area (Å²) in [6.07, 6.45) is 11.0. The van der Waals surface area contributed by atoms with E-state index in [2.05, 4.69) is 15.5 Å². The summed E-state index contributed by atoms with van der Waals surface area (Å²) in [5.74, 6) is 0.0465. The lowest BCUT2D eigenvalue weighted by molar-refractivity contribution is 0.0941. The maximum atomic E-state index is 12.3. The number of nitrogens with one attached hydrogen (secondary N) is 1. The SMILES string of the molecule is C1CCOC1.O=C(CC[C@H](O)CNc1ccc(N2CCCC=N2)cc1)c1ccc(Cl)s1.O=C(CC[C@H]1CN(c2ccc(N3CCCC=N3)cc2)C(=O)O1)c1ccc(Cl)s1. The first kappa shape index (κ1) is 44.2. The van der Waals surface area contributed by atoms with Crippen LogP contribution in [0, 0.1) is 0 Å². The fraction of sp³-hybridized carbons (Fsp3) is 0.419. The van der Waals surface area contributed by atoms with Crippen molar-refractivity contribution in [3.05, 3.63) is 91.2 Å². The second-order valence-corrected chi connectivity index (χ2v) is 17.7. The number of benzene rings is 2. The number of anilines is 4. The highest BCUT2D eigenvalue weighted by atomic mass is 35.5. The summed E-state index contributed by atoms with van der Waals surface area (Å²) >= 11 is 14.3. The Morgan fingerprint density at radius 2 is 1.31 bits per heavy atom. The highest BCUT2D eigenvalue weighted by molar-refractivity contribution is 7.18. The predicted molar refractivity (Wildman–Crippen MR) is 241 cm³/mol. The average molecular weight is 882 g/mol. The summed E-state index contributed by atoms with van der Waals surface area (Å²) in [6.45, 7) is 4.68. The summed E-state index contributed by atoms with van der Waals surface area (Å²) < 4.78 is 11.6. The number of carbonyl (C=O) groups is 3. The van der Waals surface area contributed by atoms with Crippen molar-refractivity contribution in [1.29, 1.82) is 0 Å². The number of hydrogen-bond acceptors (Lipinski definition) is 13. The summed E-state index contributed by atoms with van der Waals surface area (Å²) in [6, 6.07) is 22.6. The lowest BCUT2D eigenvalue weighted by Gasteiger charge is -2.22. The van der Waals surface area contributed by atoms with Crippen LogP contribution in [0.3, 0.4) is 0 Å². The van der Waals surface area contributed by atoms with Crippen LogP contribution in [-0.2, 0) is 9.47 Å². The smallest absolute Gasteiger partial charge is 0.414 e. The maximum Gasteiger partial charge on any atom is 0.414 e. The van der Waals surface area contributed by atoms with E-state index >= 15 is 0 Å². The van der Waals surface area contributed by atoms with E-state index in [0.717, 1.165) is 74.7 Å². The molecule has 314 valence electrons. The number of amides is 1. The van der Waals surface area contributed by atoms with Crippen LogP contribution in [0.2, 0.25) is 8.67 Å². The second kappa shape index (κ2) is 22.9. The van der Waals surface area contributed by atoms with E-state index in [-0.39, 0.29) is 23.8 Å². The number of hydrazone groups is 2. The Kier molecular flexibility index (Phi) is 17.2. The Morgan fingerprint density at radius 3 is 1.80 bits per heavy atom. The molecule has 59 heavy (non-hydrogen) atoms. The van der Waals surface area contributed by atoms with Crippen LogP contribution in [0.15, 0.2) is 83.0 Å². The minimum atomic E-state index is -0.583. The summed E-state index contributed by atoms with van der Waals surface area (Å²) in [7, 11) is 0. The van der Waals surface area contributed by atoms with Crippen LogP contribution in [0.5, 0.6) is 0 Å². The van der Waals surface area contributed by atoms with Gasteiger partial charge in [-0.3, -0.25) is 24.5 Å². The standard InChI is InChI=1S/C20H20ClN3O3S.C19H22ClN3O2S.C4H8O/c21-19-10-9-18(28-19)17(25)8-7-16-13-23(20(26)27-16)14-3-5-15(6-4-14)24-12-2-1-11-22-24;20-19-10-9-18(26-19)17(25)8-7-16(24)13-21-14-3-5-15(6-4-14)23-12-2-1-11-22-23;1-2-4-5-3-1/h3-6,9-11,16H,1-2,7-8,12-13H2;3-6,9-11,16,21,24H,1-2,7-8,12-13H2;1-4H2/t2*16-;/m00./s1. The Balaban J connectivity index is 0.000000177. The van der Waals surface area contributed by atoms with Crippen LogP contribution in [0.25, 0.3) is 0 Å². The number of ether oxygens (including phenoxy) is 2. The number of cyclic esters (lactones) is 1. The summed E-state index contributed by atoms with van der Waals surface area (Å²) in [4.78, 5) is 39.4. The third kappa shape index (κ3) is 13.9. The molecule has 2 aromatic carbocycles. The molecule has 1 amide bonds. The van der Waals surface area contributed by atoms with E-state index in [0.29, 0.717) is 57.2 Å². The Bertz CT molecular complexity index is 2010. The summed E-state index contributed by atoms with van der Waals surface area (Å²) in [5.41, 5.74) is 3.79. The molecule has 12 nitrogen and oxygen atoms in total. The van der Waals surface area contributed by atoms with E-state index in [9.17, 15) is 19.5 Å². The van der Waals surface area contributed by atoms with Gasteiger partial charge in [0, 0.05) is 69.5 Å². The molecule has 2 saturated heterocycles. The van der Waals surface area contributed by atoms with E-state index in [1.807, 2.05) is 71.0 Å². The van der Waals surface area contributed by atoms with Crippen molar-refractivity contribution in [1.82, 2.24) is 0 Å². The largest absolute Gasteiger partial charge is 0.444 e. The third-order valence-electron chi connectivity index (χ3n) is 9.81. The lowest BCUT2D eigenvalue weighted by Crippen LogP contribution is -2.25. The van der Waals surface area contributed by atoms with Gasteiger partial charge in [0.15, 0.2) is 11.6 Å². The molecule has 4 aliphatic rings. The van der Waals surface area contributed by atoms with Crippen LogP contribution in [0.1, 0.15) is 83.6 Å². The molecule has 2 fully saturated rings. The number of nitrogens with zero attached hydrogens (tertiary/aromatic N) is 5. The number of Topliss-reactive ketones (excluding diaryl/α,β-unsaturated/α-hetero) is 2. The molecule has 16 heteroatoms. The number of aliphatic hydroxyl groups excluding tert-OH is 1. The molecule has 8 rings (SSSR count). The van der Waals surface area contributed by atoms with Crippen molar-refractivity contribution in [2.24, 2.45) is 10.2 Å². The zero-order valence-electron chi connectivity index (χ0n) is 32.8. The van der Waals surface area contributed by atoms with E-state index in [1.165, 1.54) is 35.5 Å². The fourth-order valence-electron chi connectivity index (χ4n) is 6.54. The molecular weight excluding hydrogens is 832 g/mol. The van der Waals surface area contributed by atoms with Gasteiger partial charge in [0.05, 0.1) is 42.5 Å². The molecule has 2 aromatic heterocycles. The summed E-state index contributed by atoms with van der Waals surface area (Å²) in [5, 5.41) is 26.0. The Hall–Kier alpha value is -4.31. The van der Waals surface area contributed by atoms with Gasteiger partial charge >= 0.3 is 6.09 Å². The molecule has 0 unspecified atom stereocenters. The lowest BCUT2D eigenvalue weighted by atomic mass is 10.1. The second-order valence-electron chi connectivity index (χ2n) is 14.3. The number of ketones is 2. The molecule has 0 saturated carbocycles. The van der Waals surface area contributed by atoms with Crippen molar-refractivity contribution in [3.63, 3.8) is 0 Å². The highest BCUT2D eigenvalue weighted by Crippen LogP contribution is 2.29. The molecule has 0 radical (unpaired) electrons. The minimum absolute atomic E-state index is 0.0207. The molecule has 0 bridgehead atoms. The van der Waals surface area contributed by atoms with Gasteiger partial charge in [-0.2, -0.15) is 10.2 Å². The molecule has 4 aliphatic heterocycles. The number of aliphatic hydroxyl groups is 1. The van der Waals surface area contributed by atoms with Gasteiger partial charge in [-0.15, -0.1) is 22.7 Å². The maximum absolute atomic E-state index is 12.3. The first-order chi connectivity index (χ1) is 28.7. The van der Waals surface area contributed by atoms with Crippen LogP contribution in [0.4, 0.5) is 27.5 Å². The number of halogens is 2. The zero-order valence-corrected chi connectivity index (χ0v) is 36.0. The molecule has 0 aliphatic carbocycles. The monoisotopic (exact) mass is 880 g/mol. The highest BCUT2D eigenvalue weighted by Gasteiger charge is 2.32. The van der Waals surface area contributed by atoms with Crippen molar-refractivity contribution >= 4 is 98.7 Å². The third-order valence-corrected chi connectivity index (χ3v) is 12.4. The fourth-order valence-corrected chi connectivity index (χ4v) is 8.56. The zero-order chi connectivity index (χ0) is 41.4. The van der Waals surface area contributed by atoms with Gasteiger partial charge in [0.2, 0.25) is 0 Å². The van der Waals surface area contributed by atoms with Crippen molar-refractivity contribution < 1.29 is 29.0 Å². The van der Waals surface area contributed by atoms with Gasteiger partial charge in [-0.05, 0) is 124 Å². The van der Waals surface area contributed by atoms with Crippen LogP contribution in [-0.4, -0.2) is 86.8 Å². The first-order valence-corrected chi connectivity index (χ1v) is 22.5. The van der Waals surface area contributed by atoms with Crippen LogP contribution < -0.4 is 20.2 Å². The topological polar surface area (TPSA) is 136 Å². The molecule has 6 heterocycles. The van der Waals surface area contributed by atoms with E-state index in [4.69, 9.17) is 32.7 Å². The predicted octanol–water partition coefficient (Wildman–Crippen LogP) is 10.2. The number of carbonyl (C=O) groups excluding carboxylic acids is 3. The van der Waals surface area contributed by atoms with Crippen LogP contribution >= 0.6 is 45.9 Å². The van der Waals surface area contributed by atoms with Gasteiger partial charge in [-0.25, -0.2) is 4.79 Å². The average Bonchev–Trinajstić information content (AvgIpc) is 4.13. The Morgan fingerprint density at radius 1 is 0.763 bits per heavy atom. The molecule has 0 spiro atoms. The molecule has 4 aromatic rings. The molecular formula is C43H50Cl2N6O6S2. The Labute approximate surface area is 363 Å². The van der Waals surface area contributed by atoms with Crippen molar-refractivity contribution in [2.75, 3.05) is 59.6 Å². The van der Waals surface area contributed by atoms with Gasteiger partial charge < -0.3 is 19.9 Å². The number of hydrogen-bond donors (Lipinski definition) is 2. The normalized spacial score (nSPS) is 17.8. The van der Waals surface area contributed by atoms with E-state index < -0.39 is 6.10 Å². The molecule has 2 atom stereocenters. The van der Waals surface area contributed by atoms with Gasteiger partial charge in [0.25, 0.3) is 0 Å². The minimum Gasteiger partial charge on any atom is -0.444 e. The first-order valence-electron chi connectivity index (χ1n) is 20.1. The van der Waals surface area contributed by atoms with E-state index in [1.54, 1.807) is 29.2 Å².